The van der Waals surface area contributed by atoms with Crippen LogP contribution in [0.5, 0.6) is 0 Å². The van der Waals surface area contributed by atoms with Gasteiger partial charge in [-0.2, -0.15) is 0 Å². The van der Waals surface area contributed by atoms with Crippen molar-refractivity contribution in [2.45, 2.75) is 32.8 Å². The van der Waals surface area contributed by atoms with Gasteiger partial charge in [0.2, 0.25) is 0 Å². The molecule has 1 atom stereocenters. The Balaban J connectivity index is 1.98. The zero-order valence-corrected chi connectivity index (χ0v) is 16.3. The van der Waals surface area contributed by atoms with Crippen molar-refractivity contribution in [3.05, 3.63) is 47.0 Å². The quantitative estimate of drug-likeness (QED) is 0.422. The first-order chi connectivity index (χ1) is 13.9. The molecule has 29 heavy (non-hydrogen) atoms. The number of esters is 1. The van der Waals surface area contributed by atoms with Gasteiger partial charge in [0.1, 0.15) is 11.5 Å². The van der Waals surface area contributed by atoms with E-state index in [1.54, 1.807) is 19.9 Å². The summed E-state index contributed by atoms with van der Waals surface area (Å²) in [6.07, 6.45) is 1.59. The van der Waals surface area contributed by atoms with Gasteiger partial charge in [0.25, 0.3) is 11.7 Å². The maximum absolute atomic E-state index is 14.5. The predicted molar refractivity (Wildman–Crippen MR) is 103 cm³/mol. The number of benzene rings is 1. The number of aromatic amines is 1. The molecule has 8 heteroatoms. The van der Waals surface area contributed by atoms with Crippen LogP contribution in [0.15, 0.2) is 24.3 Å². The van der Waals surface area contributed by atoms with Crippen molar-refractivity contribution in [3.63, 3.8) is 0 Å². The molecule has 2 aromatic rings. The first-order valence-electron chi connectivity index (χ1n) is 9.52. The van der Waals surface area contributed by atoms with E-state index in [0.29, 0.717) is 12.3 Å². The van der Waals surface area contributed by atoms with Gasteiger partial charge in [-0.15, -0.1) is 0 Å². The molecule has 0 aliphatic carbocycles. The number of nitrogens with one attached hydrogen (secondary N) is 2. The van der Waals surface area contributed by atoms with Crippen molar-refractivity contribution < 1.29 is 28.2 Å². The zero-order chi connectivity index (χ0) is 21.0. The molecule has 3 rings (SSSR count). The standard InChI is InChI=1S/C21H23FN2O5/c1-3-28-21(27)16-12(2)24-18(17(16)14-8-4-5-9-15(14)22)19(25)20(26)23-11-13-7-6-10-29-13/h4-5,8-9,13,24H,3,6-7,10-11H2,1-2H3,(H,23,26)/t13-/m1/s1. The van der Waals surface area contributed by atoms with Gasteiger partial charge < -0.3 is 19.8 Å². The summed E-state index contributed by atoms with van der Waals surface area (Å²) in [5.74, 6) is -3.06. The summed E-state index contributed by atoms with van der Waals surface area (Å²) < 4.78 is 25.0. The second-order valence-corrected chi connectivity index (χ2v) is 6.75. The maximum Gasteiger partial charge on any atom is 0.340 e. The molecule has 1 fully saturated rings. The molecule has 2 heterocycles. The van der Waals surface area contributed by atoms with E-state index in [1.165, 1.54) is 18.2 Å². The first kappa shape index (κ1) is 20.7. The molecule has 154 valence electrons. The van der Waals surface area contributed by atoms with Crippen molar-refractivity contribution in [2.75, 3.05) is 19.8 Å². The van der Waals surface area contributed by atoms with Crippen molar-refractivity contribution in [3.8, 4) is 11.1 Å². The van der Waals surface area contributed by atoms with Crippen LogP contribution in [-0.4, -0.2) is 48.5 Å². The highest BCUT2D eigenvalue weighted by atomic mass is 19.1. The Morgan fingerprint density at radius 1 is 1.31 bits per heavy atom. The summed E-state index contributed by atoms with van der Waals surface area (Å²) in [6.45, 7) is 4.17. The van der Waals surface area contributed by atoms with Crippen LogP contribution >= 0.6 is 0 Å². The number of amides is 1. The maximum atomic E-state index is 14.5. The van der Waals surface area contributed by atoms with E-state index in [1.807, 2.05) is 0 Å². The van der Waals surface area contributed by atoms with Crippen molar-refractivity contribution in [1.82, 2.24) is 10.3 Å². The molecule has 1 aliphatic rings. The largest absolute Gasteiger partial charge is 0.462 e. The molecule has 0 bridgehead atoms. The third kappa shape index (κ3) is 4.37. The number of carbonyl (C=O) groups is 3. The van der Waals surface area contributed by atoms with Gasteiger partial charge in [0.15, 0.2) is 0 Å². The number of rotatable bonds is 7. The van der Waals surface area contributed by atoms with Gasteiger partial charge in [0, 0.05) is 30.0 Å². The lowest BCUT2D eigenvalue weighted by Crippen LogP contribution is -2.36. The van der Waals surface area contributed by atoms with E-state index < -0.39 is 23.5 Å². The lowest BCUT2D eigenvalue weighted by Gasteiger charge is -2.11. The van der Waals surface area contributed by atoms with Crippen LogP contribution in [0.1, 0.15) is 46.3 Å². The van der Waals surface area contributed by atoms with Gasteiger partial charge in [-0.1, -0.05) is 18.2 Å². The van der Waals surface area contributed by atoms with Gasteiger partial charge in [-0.3, -0.25) is 9.59 Å². The topological polar surface area (TPSA) is 97.5 Å². The molecule has 0 spiro atoms. The highest BCUT2D eigenvalue weighted by molar-refractivity contribution is 6.43. The van der Waals surface area contributed by atoms with Crippen LogP contribution in [-0.2, 0) is 14.3 Å². The van der Waals surface area contributed by atoms with E-state index in [-0.39, 0.29) is 41.6 Å². The average Bonchev–Trinajstić information content (AvgIpc) is 3.33. The molecule has 1 aromatic carbocycles. The van der Waals surface area contributed by atoms with Crippen molar-refractivity contribution >= 4 is 17.7 Å². The number of hydrogen-bond acceptors (Lipinski definition) is 5. The van der Waals surface area contributed by atoms with Gasteiger partial charge in [0.05, 0.1) is 18.3 Å². The van der Waals surface area contributed by atoms with Crippen LogP contribution < -0.4 is 5.32 Å². The van der Waals surface area contributed by atoms with Gasteiger partial charge in [-0.05, 0) is 32.8 Å². The molecule has 7 nitrogen and oxygen atoms in total. The third-order valence-corrected chi connectivity index (χ3v) is 4.76. The number of aromatic nitrogens is 1. The number of hydrogen-bond donors (Lipinski definition) is 2. The summed E-state index contributed by atoms with van der Waals surface area (Å²) in [6, 6.07) is 5.75. The Morgan fingerprint density at radius 2 is 2.07 bits per heavy atom. The highest BCUT2D eigenvalue weighted by Gasteiger charge is 2.31. The molecule has 0 unspecified atom stereocenters. The Kier molecular flexibility index (Phi) is 6.43. The fourth-order valence-corrected chi connectivity index (χ4v) is 3.39. The Hall–Kier alpha value is -3.00. The van der Waals surface area contributed by atoms with E-state index in [4.69, 9.17) is 9.47 Å². The van der Waals surface area contributed by atoms with Crippen LogP contribution in [0.4, 0.5) is 4.39 Å². The lowest BCUT2D eigenvalue weighted by molar-refractivity contribution is -0.117. The molecule has 0 radical (unpaired) electrons. The number of ether oxygens (including phenoxy) is 2. The number of carbonyl (C=O) groups excluding carboxylic acids is 3. The fourth-order valence-electron chi connectivity index (χ4n) is 3.39. The molecule has 1 aromatic heterocycles. The molecular weight excluding hydrogens is 379 g/mol. The summed E-state index contributed by atoms with van der Waals surface area (Å²) >= 11 is 0. The highest BCUT2D eigenvalue weighted by Crippen LogP contribution is 2.33. The van der Waals surface area contributed by atoms with Crippen LogP contribution in [0.3, 0.4) is 0 Å². The van der Waals surface area contributed by atoms with Crippen LogP contribution in [0.25, 0.3) is 11.1 Å². The number of aryl methyl sites for hydroxylation is 1. The Bertz CT molecular complexity index is 931. The molecule has 0 saturated carbocycles. The summed E-state index contributed by atoms with van der Waals surface area (Å²) in [7, 11) is 0. The predicted octanol–water partition coefficient (Wildman–Crippen LogP) is 2.78. The Labute approximate surface area is 167 Å². The first-order valence-corrected chi connectivity index (χ1v) is 9.52. The number of ketones is 1. The molecule has 1 amide bonds. The van der Waals surface area contributed by atoms with E-state index in [2.05, 4.69) is 10.3 Å². The second-order valence-electron chi connectivity index (χ2n) is 6.75. The summed E-state index contributed by atoms with van der Waals surface area (Å²) in [4.78, 5) is 40.5. The molecule has 1 saturated heterocycles. The smallest absolute Gasteiger partial charge is 0.340 e. The zero-order valence-electron chi connectivity index (χ0n) is 16.3. The molecule has 2 N–H and O–H groups in total. The minimum Gasteiger partial charge on any atom is -0.462 e. The van der Waals surface area contributed by atoms with Crippen molar-refractivity contribution in [2.24, 2.45) is 0 Å². The SMILES string of the molecule is CCOC(=O)c1c(C)[nH]c(C(=O)C(=O)NC[C@H]2CCCO2)c1-c1ccccc1F. The van der Waals surface area contributed by atoms with Gasteiger partial charge >= 0.3 is 5.97 Å². The number of H-pyrrole nitrogens is 1. The van der Waals surface area contributed by atoms with Crippen LogP contribution in [0.2, 0.25) is 0 Å². The normalized spacial score (nSPS) is 15.9. The Morgan fingerprint density at radius 3 is 2.72 bits per heavy atom. The van der Waals surface area contributed by atoms with E-state index >= 15 is 0 Å². The fraction of sp³-hybridized carbons (Fsp3) is 0.381. The van der Waals surface area contributed by atoms with Crippen LogP contribution in [0, 0.1) is 12.7 Å². The second kappa shape index (κ2) is 9.00. The molecular formula is C21H23FN2O5. The van der Waals surface area contributed by atoms with E-state index in [9.17, 15) is 18.8 Å². The lowest BCUT2D eigenvalue weighted by atomic mass is 9.97. The number of Topliss-reactive ketones (excluding diaryl/α,β-unsaturated/α-hetero) is 1. The van der Waals surface area contributed by atoms with E-state index in [0.717, 1.165) is 12.8 Å². The monoisotopic (exact) mass is 402 g/mol. The van der Waals surface area contributed by atoms with Crippen molar-refractivity contribution in [1.29, 1.82) is 0 Å². The summed E-state index contributed by atoms with van der Waals surface area (Å²) in [5.41, 5.74) is 0.260. The minimum atomic E-state index is -0.889. The number of halogens is 1. The average molecular weight is 402 g/mol. The third-order valence-electron chi connectivity index (χ3n) is 4.76. The molecule has 1 aliphatic heterocycles. The summed E-state index contributed by atoms with van der Waals surface area (Å²) in [5, 5.41) is 2.56. The minimum absolute atomic E-state index is 0.0244. The van der Waals surface area contributed by atoms with Gasteiger partial charge in [-0.25, -0.2) is 9.18 Å².